The Bertz CT molecular complexity index is 637. The van der Waals surface area contributed by atoms with Gasteiger partial charge in [-0.15, -0.1) is 0 Å². The summed E-state index contributed by atoms with van der Waals surface area (Å²) in [6.45, 7) is 1.19. The van der Waals surface area contributed by atoms with Crippen molar-refractivity contribution >= 4 is 9.84 Å². The van der Waals surface area contributed by atoms with E-state index in [1.165, 1.54) is 6.26 Å². The van der Waals surface area contributed by atoms with Gasteiger partial charge in [-0.2, -0.15) is 15.4 Å². The fourth-order valence-corrected chi connectivity index (χ4v) is 2.54. The van der Waals surface area contributed by atoms with E-state index in [1.54, 1.807) is 0 Å². The van der Waals surface area contributed by atoms with Crippen molar-refractivity contribution in [2.24, 2.45) is 0 Å². The lowest BCUT2D eigenvalue weighted by atomic mass is 10.1. The third-order valence-electron chi connectivity index (χ3n) is 2.83. The maximum Gasteiger partial charge on any atom is 0.147 e. The first-order valence-corrected chi connectivity index (χ1v) is 8.46. The van der Waals surface area contributed by atoms with Gasteiger partial charge >= 0.3 is 0 Å². The van der Waals surface area contributed by atoms with Gasteiger partial charge in [0.05, 0.1) is 5.75 Å². The summed E-state index contributed by atoms with van der Waals surface area (Å²) < 4.78 is 22.0. The van der Waals surface area contributed by atoms with Crippen molar-refractivity contribution in [1.82, 2.24) is 20.7 Å². The van der Waals surface area contributed by atoms with E-state index in [1.807, 2.05) is 30.3 Å². The van der Waals surface area contributed by atoms with Crippen molar-refractivity contribution in [2.75, 3.05) is 18.6 Å². The highest BCUT2D eigenvalue weighted by Gasteiger charge is 2.09. The quantitative estimate of drug-likeness (QED) is 0.744. The second-order valence-corrected chi connectivity index (χ2v) is 6.90. The molecule has 0 unspecified atom stereocenters. The van der Waals surface area contributed by atoms with Crippen LogP contribution in [0.15, 0.2) is 30.3 Å². The molecule has 0 spiro atoms. The predicted octanol–water partition coefficient (Wildman–Crippen LogP) is 0.996. The minimum absolute atomic E-state index is 0.199. The van der Waals surface area contributed by atoms with E-state index in [-0.39, 0.29) is 5.75 Å². The van der Waals surface area contributed by atoms with E-state index >= 15 is 0 Å². The summed E-state index contributed by atoms with van der Waals surface area (Å²) in [6, 6.07) is 9.81. The predicted molar refractivity (Wildman–Crippen MR) is 77.9 cm³/mol. The summed E-state index contributed by atoms with van der Waals surface area (Å²) in [5.41, 5.74) is 2.66. The molecule has 2 rings (SSSR count). The van der Waals surface area contributed by atoms with Crippen LogP contribution >= 0.6 is 0 Å². The molecule has 108 valence electrons. The average Bonchev–Trinajstić information content (AvgIpc) is 2.86. The van der Waals surface area contributed by atoms with Gasteiger partial charge in [0, 0.05) is 18.4 Å². The highest BCUT2D eigenvalue weighted by atomic mass is 32.2. The smallest absolute Gasteiger partial charge is 0.147 e. The van der Waals surface area contributed by atoms with Crippen molar-refractivity contribution in [1.29, 1.82) is 0 Å². The molecule has 0 radical (unpaired) electrons. The second-order valence-electron chi connectivity index (χ2n) is 4.65. The Balaban J connectivity index is 1.87. The number of hydrogen-bond acceptors (Lipinski definition) is 5. The Morgan fingerprint density at radius 2 is 1.95 bits per heavy atom. The zero-order chi connectivity index (χ0) is 14.4. The Labute approximate surface area is 118 Å². The normalized spacial score (nSPS) is 11.7. The fourth-order valence-electron chi connectivity index (χ4n) is 1.87. The monoisotopic (exact) mass is 294 g/mol. The van der Waals surface area contributed by atoms with Gasteiger partial charge in [0.2, 0.25) is 0 Å². The van der Waals surface area contributed by atoms with Crippen LogP contribution in [-0.2, 0) is 16.4 Å². The lowest BCUT2D eigenvalue weighted by molar-refractivity contribution is 0.593. The lowest BCUT2D eigenvalue weighted by Gasteiger charge is -2.03. The van der Waals surface area contributed by atoms with Crippen LogP contribution in [0.2, 0.25) is 0 Å². The summed E-state index contributed by atoms with van der Waals surface area (Å²) >= 11 is 0. The first-order chi connectivity index (χ1) is 9.56. The van der Waals surface area contributed by atoms with Crippen LogP contribution in [0.1, 0.15) is 12.1 Å². The molecule has 0 fully saturated rings. The van der Waals surface area contributed by atoms with Gasteiger partial charge in [-0.25, -0.2) is 8.42 Å². The van der Waals surface area contributed by atoms with Gasteiger partial charge in [0.25, 0.3) is 0 Å². The zero-order valence-electron chi connectivity index (χ0n) is 11.3. The SMILES string of the molecule is CS(=O)(=O)CCCNCc1n[nH]nc1-c1ccccc1. The topological polar surface area (TPSA) is 87.7 Å². The Morgan fingerprint density at radius 3 is 2.65 bits per heavy atom. The largest absolute Gasteiger partial charge is 0.311 e. The van der Waals surface area contributed by atoms with Gasteiger partial charge in [-0.3, -0.25) is 0 Å². The maximum atomic E-state index is 11.0. The molecule has 20 heavy (non-hydrogen) atoms. The number of aromatic amines is 1. The van der Waals surface area contributed by atoms with E-state index in [0.29, 0.717) is 19.5 Å². The Kier molecular flexibility index (Phi) is 4.86. The van der Waals surface area contributed by atoms with Crippen LogP contribution in [0.3, 0.4) is 0 Å². The molecule has 1 aromatic carbocycles. The molecule has 0 bridgehead atoms. The van der Waals surface area contributed by atoms with Crippen LogP contribution in [0.25, 0.3) is 11.3 Å². The molecule has 0 aliphatic rings. The summed E-state index contributed by atoms with van der Waals surface area (Å²) in [4.78, 5) is 0. The summed E-state index contributed by atoms with van der Waals surface area (Å²) in [6.07, 6.45) is 1.84. The number of hydrogen-bond donors (Lipinski definition) is 2. The highest BCUT2D eigenvalue weighted by Crippen LogP contribution is 2.18. The molecule has 6 nitrogen and oxygen atoms in total. The number of sulfone groups is 1. The zero-order valence-corrected chi connectivity index (χ0v) is 12.2. The van der Waals surface area contributed by atoms with Gasteiger partial charge < -0.3 is 5.32 Å². The van der Waals surface area contributed by atoms with E-state index in [9.17, 15) is 8.42 Å². The third kappa shape index (κ3) is 4.43. The molecule has 0 aliphatic heterocycles. The van der Waals surface area contributed by atoms with Gasteiger partial charge in [-0.1, -0.05) is 30.3 Å². The molecule has 7 heteroatoms. The molecular weight excluding hydrogens is 276 g/mol. The molecule has 1 heterocycles. The Morgan fingerprint density at radius 1 is 1.20 bits per heavy atom. The van der Waals surface area contributed by atoms with Crippen molar-refractivity contribution < 1.29 is 8.42 Å². The standard InChI is InChI=1S/C13H18N4O2S/c1-20(18,19)9-5-8-14-10-12-13(16-17-15-12)11-6-3-2-4-7-11/h2-4,6-7,14H,5,8-10H2,1H3,(H,15,16,17). The van der Waals surface area contributed by atoms with E-state index in [2.05, 4.69) is 20.7 Å². The molecule has 0 aliphatic carbocycles. The van der Waals surface area contributed by atoms with Crippen LogP contribution in [0, 0.1) is 0 Å². The highest BCUT2D eigenvalue weighted by molar-refractivity contribution is 7.90. The minimum atomic E-state index is -2.88. The maximum absolute atomic E-state index is 11.0. The van der Waals surface area contributed by atoms with Crippen LogP contribution in [0.4, 0.5) is 0 Å². The van der Waals surface area contributed by atoms with Crippen molar-refractivity contribution in [2.45, 2.75) is 13.0 Å². The van der Waals surface area contributed by atoms with Crippen LogP contribution < -0.4 is 5.32 Å². The molecule has 0 saturated heterocycles. The lowest BCUT2D eigenvalue weighted by Crippen LogP contribution is -2.18. The molecule has 0 amide bonds. The molecule has 2 N–H and O–H groups in total. The second kappa shape index (κ2) is 6.62. The van der Waals surface area contributed by atoms with Crippen molar-refractivity contribution in [3.63, 3.8) is 0 Å². The number of rotatable bonds is 7. The number of H-pyrrole nitrogens is 1. The van der Waals surface area contributed by atoms with E-state index < -0.39 is 9.84 Å². The number of nitrogens with zero attached hydrogens (tertiary/aromatic N) is 2. The van der Waals surface area contributed by atoms with Gasteiger partial charge in [-0.05, 0) is 13.0 Å². The third-order valence-corrected chi connectivity index (χ3v) is 3.86. The molecule has 0 atom stereocenters. The molecule has 0 saturated carbocycles. The first-order valence-electron chi connectivity index (χ1n) is 6.40. The summed E-state index contributed by atoms with van der Waals surface area (Å²) in [7, 11) is -2.88. The van der Waals surface area contributed by atoms with E-state index in [0.717, 1.165) is 17.0 Å². The average molecular weight is 294 g/mol. The Hall–Kier alpha value is -1.73. The number of benzene rings is 1. The van der Waals surface area contributed by atoms with Gasteiger partial charge in [0.1, 0.15) is 21.2 Å². The van der Waals surface area contributed by atoms with Crippen molar-refractivity contribution in [3.05, 3.63) is 36.0 Å². The molecule has 1 aromatic heterocycles. The summed E-state index contributed by atoms with van der Waals surface area (Å²) in [5, 5.41) is 14.1. The van der Waals surface area contributed by atoms with Crippen LogP contribution in [0.5, 0.6) is 0 Å². The fraction of sp³-hybridized carbons (Fsp3) is 0.385. The molecule has 2 aromatic rings. The van der Waals surface area contributed by atoms with E-state index in [4.69, 9.17) is 0 Å². The minimum Gasteiger partial charge on any atom is -0.311 e. The number of nitrogens with one attached hydrogen (secondary N) is 2. The van der Waals surface area contributed by atoms with Gasteiger partial charge in [0.15, 0.2) is 0 Å². The number of aromatic nitrogens is 3. The molecular formula is C13H18N4O2S. The van der Waals surface area contributed by atoms with Crippen LogP contribution in [-0.4, -0.2) is 42.4 Å². The van der Waals surface area contributed by atoms with Crippen molar-refractivity contribution in [3.8, 4) is 11.3 Å². The first kappa shape index (κ1) is 14.7. The summed E-state index contributed by atoms with van der Waals surface area (Å²) in [5.74, 6) is 0.199.